The van der Waals surface area contributed by atoms with Crippen molar-refractivity contribution in [3.8, 4) is 5.75 Å². The van der Waals surface area contributed by atoms with Crippen LogP contribution in [-0.2, 0) is 11.2 Å². The number of ether oxygens (including phenoxy) is 1. The standard InChI is InChI=1S/C21H25N3O2/c1-15(11-16-5-3-2-4-6-16)26-18-7-8-19-20(13-18)24-10-9-22-14-17(24)12-21(25)23-19/h2-8,13,15,17,22H,9-12,14H2,1H3,(H,23,25)/t15-,17-/m0/s1. The number of amides is 1. The van der Waals surface area contributed by atoms with Crippen LogP contribution in [0.1, 0.15) is 18.9 Å². The minimum atomic E-state index is 0.0774. The molecule has 136 valence electrons. The SMILES string of the molecule is C[C@@H](Cc1ccccc1)Oc1ccc2c(c1)N1CCNC[C@@H]1CC(=O)N2. The second kappa shape index (κ2) is 7.38. The van der Waals surface area contributed by atoms with E-state index in [0.29, 0.717) is 6.42 Å². The molecule has 2 aromatic carbocycles. The number of fused-ring (bicyclic) bond motifs is 3. The summed E-state index contributed by atoms with van der Waals surface area (Å²) in [6.45, 7) is 4.76. The van der Waals surface area contributed by atoms with Crippen LogP contribution in [0.5, 0.6) is 5.75 Å². The van der Waals surface area contributed by atoms with Crippen molar-refractivity contribution in [2.45, 2.75) is 31.9 Å². The molecule has 2 N–H and O–H groups in total. The number of carbonyl (C=O) groups excluding carboxylic acids is 1. The Labute approximate surface area is 154 Å². The third-order valence-corrected chi connectivity index (χ3v) is 5.03. The normalized spacial score (nSPS) is 20.4. The molecule has 4 rings (SSSR count). The summed E-state index contributed by atoms with van der Waals surface area (Å²) in [5.41, 5.74) is 3.21. The number of nitrogens with zero attached hydrogens (tertiary/aromatic N) is 1. The predicted octanol–water partition coefficient (Wildman–Crippen LogP) is 2.82. The van der Waals surface area contributed by atoms with Crippen LogP contribution < -0.4 is 20.3 Å². The second-order valence-corrected chi connectivity index (χ2v) is 7.10. The van der Waals surface area contributed by atoms with E-state index in [1.54, 1.807) is 0 Å². The van der Waals surface area contributed by atoms with E-state index >= 15 is 0 Å². The zero-order valence-electron chi connectivity index (χ0n) is 15.1. The summed E-state index contributed by atoms with van der Waals surface area (Å²) in [6.07, 6.45) is 1.46. The van der Waals surface area contributed by atoms with E-state index in [4.69, 9.17) is 4.74 Å². The molecule has 0 aliphatic carbocycles. The maximum Gasteiger partial charge on any atom is 0.226 e. The van der Waals surface area contributed by atoms with Crippen molar-refractivity contribution < 1.29 is 9.53 Å². The molecule has 0 unspecified atom stereocenters. The molecule has 2 aromatic rings. The van der Waals surface area contributed by atoms with Gasteiger partial charge in [-0.25, -0.2) is 0 Å². The number of piperazine rings is 1. The van der Waals surface area contributed by atoms with Gasteiger partial charge in [-0.3, -0.25) is 4.79 Å². The molecule has 0 spiro atoms. The molecule has 26 heavy (non-hydrogen) atoms. The molecule has 2 heterocycles. The van der Waals surface area contributed by atoms with Crippen molar-refractivity contribution in [1.29, 1.82) is 0 Å². The molecule has 2 atom stereocenters. The molecule has 2 aliphatic rings. The van der Waals surface area contributed by atoms with Crippen LogP contribution in [0.4, 0.5) is 11.4 Å². The number of nitrogens with one attached hydrogen (secondary N) is 2. The second-order valence-electron chi connectivity index (χ2n) is 7.10. The smallest absolute Gasteiger partial charge is 0.226 e. The van der Waals surface area contributed by atoms with Crippen LogP contribution in [0.25, 0.3) is 0 Å². The van der Waals surface area contributed by atoms with Gasteiger partial charge in [0.05, 0.1) is 23.5 Å². The number of carbonyl (C=O) groups is 1. The van der Waals surface area contributed by atoms with Crippen LogP contribution in [0.3, 0.4) is 0 Å². The van der Waals surface area contributed by atoms with Crippen LogP contribution in [0.2, 0.25) is 0 Å². The van der Waals surface area contributed by atoms with Crippen molar-refractivity contribution in [3.05, 3.63) is 54.1 Å². The van der Waals surface area contributed by atoms with E-state index in [-0.39, 0.29) is 18.1 Å². The summed E-state index contributed by atoms with van der Waals surface area (Å²) < 4.78 is 6.18. The zero-order valence-corrected chi connectivity index (χ0v) is 15.1. The molecule has 0 saturated carbocycles. The third-order valence-electron chi connectivity index (χ3n) is 5.03. The molecule has 0 aromatic heterocycles. The van der Waals surface area contributed by atoms with Gasteiger partial charge < -0.3 is 20.3 Å². The average Bonchev–Trinajstić information content (AvgIpc) is 2.78. The van der Waals surface area contributed by atoms with E-state index in [9.17, 15) is 4.79 Å². The van der Waals surface area contributed by atoms with Gasteiger partial charge in [-0.05, 0) is 24.6 Å². The first-order valence-electron chi connectivity index (χ1n) is 9.31. The van der Waals surface area contributed by atoms with Gasteiger partial charge in [0.2, 0.25) is 5.91 Å². The number of hydrogen-bond acceptors (Lipinski definition) is 4. The Hall–Kier alpha value is -2.53. The Balaban J connectivity index is 1.54. The number of rotatable bonds is 4. The summed E-state index contributed by atoms with van der Waals surface area (Å²) >= 11 is 0. The van der Waals surface area contributed by atoms with E-state index in [1.807, 2.05) is 18.2 Å². The Kier molecular flexibility index (Phi) is 4.80. The van der Waals surface area contributed by atoms with Crippen molar-refractivity contribution in [3.63, 3.8) is 0 Å². The van der Waals surface area contributed by atoms with Gasteiger partial charge in [-0.1, -0.05) is 30.3 Å². The first-order valence-corrected chi connectivity index (χ1v) is 9.31. The van der Waals surface area contributed by atoms with Crippen LogP contribution >= 0.6 is 0 Å². The lowest BCUT2D eigenvalue weighted by Gasteiger charge is -2.36. The zero-order chi connectivity index (χ0) is 17.9. The molecule has 0 bridgehead atoms. The van der Waals surface area contributed by atoms with Crippen molar-refractivity contribution in [1.82, 2.24) is 5.32 Å². The van der Waals surface area contributed by atoms with Gasteiger partial charge in [0.15, 0.2) is 0 Å². The van der Waals surface area contributed by atoms with Gasteiger partial charge in [-0.15, -0.1) is 0 Å². The fourth-order valence-electron chi connectivity index (χ4n) is 3.82. The molecular formula is C21H25N3O2. The lowest BCUT2D eigenvalue weighted by molar-refractivity contribution is -0.116. The maximum atomic E-state index is 12.2. The van der Waals surface area contributed by atoms with Gasteiger partial charge in [0.1, 0.15) is 5.75 Å². The molecule has 1 fully saturated rings. The molecule has 0 radical (unpaired) electrons. The van der Waals surface area contributed by atoms with Crippen LogP contribution in [0, 0.1) is 0 Å². The van der Waals surface area contributed by atoms with Gasteiger partial charge in [0, 0.05) is 38.5 Å². The Morgan fingerprint density at radius 1 is 1.23 bits per heavy atom. The number of anilines is 2. The minimum Gasteiger partial charge on any atom is -0.490 e. The highest BCUT2D eigenvalue weighted by Crippen LogP contribution is 2.35. The average molecular weight is 351 g/mol. The van der Waals surface area contributed by atoms with E-state index in [2.05, 4.69) is 52.8 Å². The van der Waals surface area contributed by atoms with E-state index in [0.717, 1.165) is 43.2 Å². The first kappa shape index (κ1) is 16.9. The van der Waals surface area contributed by atoms with Gasteiger partial charge >= 0.3 is 0 Å². The Bertz CT molecular complexity index is 778. The fraction of sp³-hybridized carbons (Fsp3) is 0.381. The highest BCUT2D eigenvalue weighted by Gasteiger charge is 2.30. The molecule has 5 nitrogen and oxygen atoms in total. The Morgan fingerprint density at radius 3 is 2.92 bits per heavy atom. The summed E-state index contributed by atoms with van der Waals surface area (Å²) in [6, 6.07) is 16.6. The van der Waals surface area contributed by atoms with Gasteiger partial charge in [0.25, 0.3) is 0 Å². The monoisotopic (exact) mass is 351 g/mol. The first-order chi connectivity index (χ1) is 12.7. The van der Waals surface area contributed by atoms with Crippen molar-refractivity contribution in [2.75, 3.05) is 29.9 Å². The lowest BCUT2D eigenvalue weighted by atomic mass is 10.1. The van der Waals surface area contributed by atoms with E-state index < -0.39 is 0 Å². The highest BCUT2D eigenvalue weighted by molar-refractivity contribution is 5.97. The third kappa shape index (κ3) is 3.68. The summed E-state index contributed by atoms with van der Waals surface area (Å²) in [5.74, 6) is 0.925. The van der Waals surface area contributed by atoms with Crippen LogP contribution in [0.15, 0.2) is 48.5 Å². The summed E-state index contributed by atoms with van der Waals surface area (Å²) in [5, 5.41) is 6.42. The molecule has 2 aliphatic heterocycles. The molecule has 5 heteroatoms. The maximum absolute atomic E-state index is 12.2. The lowest BCUT2D eigenvalue weighted by Crippen LogP contribution is -2.51. The highest BCUT2D eigenvalue weighted by atomic mass is 16.5. The van der Waals surface area contributed by atoms with Crippen molar-refractivity contribution >= 4 is 17.3 Å². The van der Waals surface area contributed by atoms with Crippen LogP contribution in [-0.4, -0.2) is 37.7 Å². The Morgan fingerprint density at radius 2 is 2.08 bits per heavy atom. The van der Waals surface area contributed by atoms with Crippen molar-refractivity contribution in [2.24, 2.45) is 0 Å². The fourth-order valence-corrected chi connectivity index (χ4v) is 3.82. The number of hydrogen-bond donors (Lipinski definition) is 2. The molecular weight excluding hydrogens is 326 g/mol. The quantitative estimate of drug-likeness (QED) is 0.889. The minimum absolute atomic E-state index is 0.0774. The largest absolute Gasteiger partial charge is 0.490 e. The molecule has 1 amide bonds. The summed E-state index contributed by atoms with van der Waals surface area (Å²) in [4.78, 5) is 14.5. The summed E-state index contributed by atoms with van der Waals surface area (Å²) in [7, 11) is 0. The van der Waals surface area contributed by atoms with Gasteiger partial charge in [-0.2, -0.15) is 0 Å². The van der Waals surface area contributed by atoms with E-state index in [1.165, 1.54) is 5.56 Å². The number of benzene rings is 2. The topological polar surface area (TPSA) is 53.6 Å². The predicted molar refractivity (Wildman–Crippen MR) is 104 cm³/mol. The molecule has 1 saturated heterocycles.